The molecule has 1 rings (SSSR count). The van der Waals surface area contributed by atoms with Crippen molar-refractivity contribution in [2.45, 2.75) is 39.0 Å². The van der Waals surface area contributed by atoms with Crippen LogP contribution >= 0.6 is 11.6 Å². The number of hydrogen-bond donors (Lipinski definition) is 0. The van der Waals surface area contributed by atoms with Gasteiger partial charge in [0.05, 0.1) is 0 Å². The molecule has 0 fully saturated rings. The fraction of sp³-hybridized carbons (Fsp3) is 0.462. The third kappa shape index (κ3) is 2.60. The molecule has 0 bridgehead atoms. The molecule has 0 aromatic heterocycles. The minimum Gasteiger partial charge on any atom is -0.298 e. The quantitative estimate of drug-likeness (QED) is 0.713. The van der Waals surface area contributed by atoms with Gasteiger partial charge in [0.1, 0.15) is 5.38 Å². The summed E-state index contributed by atoms with van der Waals surface area (Å²) in [7, 11) is 0. The number of alkyl halides is 1. The van der Waals surface area contributed by atoms with Crippen LogP contribution in [-0.4, -0.2) is 5.78 Å². The summed E-state index contributed by atoms with van der Waals surface area (Å²) in [6.07, 6.45) is 1.91. The topological polar surface area (TPSA) is 17.1 Å². The van der Waals surface area contributed by atoms with Crippen molar-refractivity contribution in [1.29, 1.82) is 0 Å². The Hall–Kier alpha value is -0.820. The van der Waals surface area contributed by atoms with Gasteiger partial charge in [-0.2, -0.15) is 0 Å². The summed E-state index contributed by atoms with van der Waals surface area (Å²) in [6, 6.07) is 6.04. The van der Waals surface area contributed by atoms with E-state index in [-0.39, 0.29) is 5.78 Å². The zero-order valence-corrected chi connectivity index (χ0v) is 10.3. The Bertz CT molecular complexity index is 358. The van der Waals surface area contributed by atoms with E-state index in [0.717, 1.165) is 18.4 Å². The Morgan fingerprint density at radius 3 is 2.47 bits per heavy atom. The Morgan fingerprint density at radius 2 is 2.00 bits per heavy atom. The summed E-state index contributed by atoms with van der Waals surface area (Å²) < 4.78 is 0. The van der Waals surface area contributed by atoms with E-state index in [4.69, 9.17) is 11.6 Å². The van der Waals surface area contributed by atoms with E-state index in [2.05, 4.69) is 19.9 Å². The third-order valence-electron chi connectivity index (χ3n) is 2.67. The molecule has 1 unspecified atom stereocenters. The second-order valence-electron chi connectivity index (χ2n) is 3.67. The van der Waals surface area contributed by atoms with E-state index in [1.54, 1.807) is 0 Å². The van der Waals surface area contributed by atoms with Gasteiger partial charge in [0.15, 0.2) is 5.78 Å². The van der Waals surface area contributed by atoms with Gasteiger partial charge in [-0.1, -0.05) is 32.0 Å². The van der Waals surface area contributed by atoms with Crippen molar-refractivity contribution in [3.05, 3.63) is 34.9 Å². The molecule has 0 N–H and O–H groups in total. The maximum absolute atomic E-state index is 11.3. The minimum atomic E-state index is -0.494. The number of benzene rings is 1. The zero-order valence-electron chi connectivity index (χ0n) is 9.51. The molecule has 0 saturated heterocycles. The average molecular weight is 225 g/mol. The van der Waals surface area contributed by atoms with Gasteiger partial charge >= 0.3 is 0 Å². The molecule has 1 aromatic carbocycles. The SMILES string of the molecule is CCc1cccc(C(Cl)C(C)=O)c1CC. The Labute approximate surface area is 96.5 Å². The lowest BCUT2D eigenvalue weighted by Gasteiger charge is -2.14. The minimum absolute atomic E-state index is 0.0135. The normalized spacial score (nSPS) is 12.5. The zero-order chi connectivity index (χ0) is 11.4. The van der Waals surface area contributed by atoms with Crippen LogP contribution < -0.4 is 0 Å². The van der Waals surface area contributed by atoms with E-state index >= 15 is 0 Å². The maximum atomic E-state index is 11.3. The lowest BCUT2D eigenvalue weighted by Crippen LogP contribution is -2.06. The highest BCUT2D eigenvalue weighted by Gasteiger charge is 2.17. The number of rotatable bonds is 4. The van der Waals surface area contributed by atoms with Crippen LogP contribution in [0.25, 0.3) is 0 Å². The van der Waals surface area contributed by atoms with E-state index in [9.17, 15) is 4.79 Å². The molecule has 2 heteroatoms. The van der Waals surface area contributed by atoms with Crippen LogP contribution in [0.5, 0.6) is 0 Å². The van der Waals surface area contributed by atoms with Crippen molar-refractivity contribution in [1.82, 2.24) is 0 Å². The Kier molecular flexibility index (Phi) is 4.34. The average Bonchev–Trinajstić information content (AvgIpc) is 2.26. The van der Waals surface area contributed by atoms with Crippen molar-refractivity contribution in [2.24, 2.45) is 0 Å². The molecule has 15 heavy (non-hydrogen) atoms. The first-order valence-corrected chi connectivity index (χ1v) is 5.80. The van der Waals surface area contributed by atoms with Crippen molar-refractivity contribution in [3.8, 4) is 0 Å². The van der Waals surface area contributed by atoms with E-state index in [1.165, 1.54) is 18.1 Å². The van der Waals surface area contributed by atoms with E-state index in [1.807, 2.05) is 12.1 Å². The molecule has 1 atom stereocenters. The summed E-state index contributed by atoms with van der Waals surface area (Å²) in [5.74, 6) is 0.0135. The molecule has 0 heterocycles. The van der Waals surface area contributed by atoms with Gasteiger partial charge in [0.25, 0.3) is 0 Å². The fourth-order valence-electron chi connectivity index (χ4n) is 1.87. The van der Waals surface area contributed by atoms with Gasteiger partial charge in [-0.15, -0.1) is 11.6 Å². The molecule has 0 amide bonds. The van der Waals surface area contributed by atoms with Gasteiger partial charge in [-0.25, -0.2) is 0 Å². The summed E-state index contributed by atoms with van der Waals surface area (Å²) in [6.45, 7) is 5.76. The number of carbonyl (C=O) groups is 1. The highest BCUT2D eigenvalue weighted by atomic mass is 35.5. The standard InChI is InChI=1S/C13H17ClO/c1-4-10-7-6-8-12(11(10)5-2)13(14)9(3)15/h6-8,13H,4-5H2,1-3H3. The predicted octanol–water partition coefficient (Wildman–Crippen LogP) is 3.68. The van der Waals surface area contributed by atoms with Gasteiger partial charge in [-0.05, 0) is 36.5 Å². The van der Waals surface area contributed by atoms with Crippen molar-refractivity contribution in [2.75, 3.05) is 0 Å². The number of Topliss-reactive ketones (excluding diaryl/α,β-unsaturated/α-hetero) is 1. The van der Waals surface area contributed by atoms with Crippen molar-refractivity contribution in [3.63, 3.8) is 0 Å². The van der Waals surface area contributed by atoms with Gasteiger partial charge < -0.3 is 0 Å². The van der Waals surface area contributed by atoms with Crippen molar-refractivity contribution >= 4 is 17.4 Å². The first-order chi connectivity index (χ1) is 7.11. The van der Waals surface area contributed by atoms with Crippen LogP contribution in [0.15, 0.2) is 18.2 Å². The highest BCUT2D eigenvalue weighted by molar-refractivity contribution is 6.30. The molecular weight excluding hydrogens is 208 g/mol. The number of carbonyl (C=O) groups excluding carboxylic acids is 1. The molecule has 1 nitrogen and oxygen atoms in total. The number of aryl methyl sites for hydroxylation is 1. The largest absolute Gasteiger partial charge is 0.298 e. The van der Waals surface area contributed by atoms with Gasteiger partial charge in [-0.3, -0.25) is 4.79 Å². The number of halogens is 1. The number of hydrogen-bond acceptors (Lipinski definition) is 1. The first-order valence-electron chi connectivity index (χ1n) is 5.37. The first kappa shape index (κ1) is 12.3. The highest BCUT2D eigenvalue weighted by Crippen LogP contribution is 2.27. The lowest BCUT2D eigenvalue weighted by atomic mass is 9.94. The third-order valence-corrected chi connectivity index (χ3v) is 3.22. The van der Waals surface area contributed by atoms with Crippen LogP contribution in [0, 0.1) is 0 Å². The summed E-state index contributed by atoms with van der Waals surface area (Å²) >= 11 is 6.10. The molecule has 82 valence electrons. The molecule has 0 spiro atoms. The van der Waals surface area contributed by atoms with Crippen LogP contribution in [0.3, 0.4) is 0 Å². The van der Waals surface area contributed by atoms with Crippen LogP contribution in [0.2, 0.25) is 0 Å². The Morgan fingerprint density at radius 1 is 1.33 bits per heavy atom. The molecule has 0 aliphatic rings. The van der Waals surface area contributed by atoms with Crippen LogP contribution in [0.1, 0.15) is 42.8 Å². The molecule has 0 aliphatic carbocycles. The molecular formula is C13H17ClO. The van der Waals surface area contributed by atoms with E-state index < -0.39 is 5.38 Å². The van der Waals surface area contributed by atoms with Crippen LogP contribution in [0.4, 0.5) is 0 Å². The molecule has 0 radical (unpaired) electrons. The van der Waals surface area contributed by atoms with Gasteiger partial charge in [0.2, 0.25) is 0 Å². The summed E-state index contributed by atoms with van der Waals surface area (Å²) in [4.78, 5) is 11.3. The lowest BCUT2D eigenvalue weighted by molar-refractivity contribution is -0.116. The number of ketones is 1. The predicted molar refractivity (Wildman–Crippen MR) is 64.5 cm³/mol. The fourth-order valence-corrected chi connectivity index (χ4v) is 2.08. The molecule has 1 aromatic rings. The van der Waals surface area contributed by atoms with Gasteiger partial charge in [0, 0.05) is 0 Å². The second-order valence-corrected chi connectivity index (χ2v) is 4.10. The summed E-state index contributed by atoms with van der Waals surface area (Å²) in [5, 5.41) is -0.494. The van der Waals surface area contributed by atoms with E-state index in [0.29, 0.717) is 0 Å². The Balaban J connectivity index is 3.22. The smallest absolute Gasteiger partial charge is 0.152 e. The van der Waals surface area contributed by atoms with Crippen molar-refractivity contribution < 1.29 is 4.79 Å². The van der Waals surface area contributed by atoms with Crippen LogP contribution in [-0.2, 0) is 17.6 Å². The summed E-state index contributed by atoms with van der Waals surface area (Å²) in [5.41, 5.74) is 3.50. The molecule has 0 aliphatic heterocycles. The monoisotopic (exact) mass is 224 g/mol. The molecule has 0 saturated carbocycles. The second kappa shape index (κ2) is 5.32. The maximum Gasteiger partial charge on any atom is 0.152 e.